The lowest BCUT2D eigenvalue weighted by molar-refractivity contribution is -0.128. The molecule has 0 spiro atoms. The lowest BCUT2D eigenvalue weighted by Crippen LogP contribution is -2.30. The van der Waals surface area contributed by atoms with E-state index in [1.807, 2.05) is 4.90 Å². The van der Waals surface area contributed by atoms with Gasteiger partial charge in [-0.25, -0.2) is 0 Å². The number of amides is 1. The van der Waals surface area contributed by atoms with Crippen LogP contribution in [0.4, 0.5) is 0 Å². The quantitative estimate of drug-likeness (QED) is 0.820. The summed E-state index contributed by atoms with van der Waals surface area (Å²) in [6, 6.07) is 4.18. The number of rotatable bonds is 5. The zero-order valence-electron chi connectivity index (χ0n) is 10.3. The van der Waals surface area contributed by atoms with Crippen LogP contribution in [0, 0.1) is 0 Å². The summed E-state index contributed by atoms with van der Waals surface area (Å²) in [6.07, 6.45) is 1.04. The summed E-state index contributed by atoms with van der Waals surface area (Å²) in [6.45, 7) is 1.90. The molecule has 2 rings (SSSR count). The first-order valence-corrected chi connectivity index (χ1v) is 7.70. The van der Waals surface area contributed by atoms with Crippen molar-refractivity contribution in [2.75, 3.05) is 32.9 Å². The highest BCUT2D eigenvalue weighted by Gasteiger charge is 2.32. The predicted octanol–water partition coefficient (Wildman–Crippen LogP) is 2.27. The topological polar surface area (TPSA) is 23.6 Å². The highest BCUT2D eigenvalue weighted by Crippen LogP contribution is 2.40. The molecule has 1 unspecified atom stereocenters. The van der Waals surface area contributed by atoms with Crippen molar-refractivity contribution in [3.05, 3.63) is 22.4 Å². The minimum atomic E-state index is 0.254. The summed E-state index contributed by atoms with van der Waals surface area (Å²) in [5.74, 6) is 0.914. The third-order valence-electron chi connectivity index (χ3n) is 2.76. The van der Waals surface area contributed by atoms with Crippen LogP contribution in [0.3, 0.4) is 0 Å². The van der Waals surface area contributed by atoms with Crippen LogP contribution in [-0.4, -0.2) is 48.6 Å². The van der Waals surface area contributed by atoms with Gasteiger partial charge in [0, 0.05) is 11.4 Å². The SMILES string of the molecule is CN(C)CCCN1C(=O)CSC1c1cccs1. The van der Waals surface area contributed by atoms with E-state index in [2.05, 4.69) is 36.5 Å². The number of hydrogen-bond donors (Lipinski definition) is 0. The minimum absolute atomic E-state index is 0.254. The normalized spacial score (nSPS) is 20.5. The number of carbonyl (C=O) groups excluding carboxylic acids is 1. The fourth-order valence-electron chi connectivity index (χ4n) is 1.92. The van der Waals surface area contributed by atoms with Gasteiger partial charge in [-0.05, 0) is 38.5 Å². The van der Waals surface area contributed by atoms with E-state index in [1.165, 1.54) is 4.88 Å². The van der Waals surface area contributed by atoms with Crippen LogP contribution in [0.25, 0.3) is 0 Å². The summed E-state index contributed by atoms with van der Waals surface area (Å²) in [4.78, 5) is 17.3. The van der Waals surface area contributed by atoms with Crippen molar-refractivity contribution in [3.63, 3.8) is 0 Å². The van der Waals surface area contributed by atoms with Crippen LogP contribution in [0.1, 0.15) is 16.7 Å². The summed E-state index contributed by atoms with van der Waals surface area (Å²) in [5.41, 5.74) is 0. The number of thiophene rings is 1. The molecule has 1 amide bonds. The molecule has 3 nitrogen and oxygen atoms in total. The Bertz CT molecular complexity index is 365. The number of thioether (sulfide) groups is 1. The lowest BCUT2D eigenvalue weighted by atomic mass is 10.3. The molecular formula is C12H18N2OS2. The molecule has 0 bridgehead atoms. The Morgan fingerprint density at radius 1 is 1.53 bits per heavy atom. The maximum Gasteiger partial charge on any atom is 0.233 e. The molecule has 17 heavy (non-hydrogen) atoms. The monoisotopic (exact) mass is 270 g/mol. The van der Waals surface area contributed by atoms with Crippen LogP contribution < -0.4 is 0 Å². The molecule has 0 aliphatic carbocycles. The van der Waals surface area contributed by atoms with E-state index in [0.717, 1.165) is 19.5 Å². The Balaban J connectivity index is 1.95. The Morgan fingerprint density at radius 3 is 3.00 bits per heavy atom. The van der Waals surface area contributed by atoms with Gasteiger partial charge in [-0.2, -0.15) is 0 Å². The predicted molar refractivity (Wildman–Crippen MR) is 74.4 cm³/mol. The second-order valence-electron chi connectivity index (χ2n) is 4.42. The third-order valence-corrected chi connectivity index (χ3v) is 5.07. The standard InChI is InChI=1S/C12H18N2OS2/c1-13(2)6-4-7-14-11(15)9-17-12(14)10-5-3-8-16-10/h3,5,8,12H,4,6-7,9H2,1-2H3. The zero-order valence-corrected chi connectivity index (χ0v) is 11.9. The second-order valence-corrected chi connectivity index (χ2v) is 6.47. The van der Waals surface area contributed by atoms with Gasteiger partial charge in [0.05, 0.1) is 5.75 Å². The highest BCUT2D eigenvalue weighted by atomic mass is 32.2. The Hall–Kier alpha value is -0.520. The largest absolute Gasteiger partial charge is 0.325 e. The Kier molecular flexibility index (Phi) is 4.48. The van der Waals surface area contributed by atoms with E-state index >= 15 is 0 Å². The van der Waals surface area contributed by atoms with Gasteiger partial charge >= 0.3 is 0 Å². The highest BCUT2D eigenvalue weighted by molar-refractivity contribution is 8.00. The Morgan fingerprint density at radius 2 is 2.35 bits per heavy atom. The maximum absolute atomic E-state index is 11.9. The first-order valence-electron chi connectivity index (χ1n) is 5.77. The smallest absolute Gasteiger partial charge is 0.233 e. The van der Waals surface area contributed by atoms with Gasteiger partial charge in [0.1, 0.15) is 5.37 Å². The summed E-state index contributed by atoms with van der Waals surface area (Å²) in [5, 5.41) is 2.33. The Labute approximate surface area is 111 Å². The molecule has 1 atom stereocenters. The minimum Gasteiger partial charge on any atom is -0.325 e. The average molecular weight is 270 g/mol. The van der Waals surface area contributed by atoms with E-state index in [-0.39, 0.29) is 11.3 Å². The van der Waals surface area contributed by atoms with E-state index in [1.54, 1.807) is 23.1 Å². The van der Waals surface area contributed by atoms with E-state index < -0.39 is 0 Å². The molecule has 1 aromatic heterocycles. The molecule has 5 heteroatoms. The van der Waals surface area contributed by atoms with Crippen LogP contribution >= 0.6 is 23.1 Å². The van der Waals surface area contributed by atoms with Gasteiger partial charge < -0.3 is 9.80 Å². The van der Waals surface area contributed by atoms with Crippen molar-refractivity contribution in [1.29, 1.82) is 0 Å². The first-order chi connectivity index (χ1) is 8.18. The van der Waals surface area contributed by atoms with Gasteiger partial charge in [0.15, 0.2) is 0 Å². The number of hydrogen-bond acceptors (Lipinski definition) is 4. The van der Waals surface area contributed by atoms with Crippen LogP contribution in [0.15, 0.2) is 17.5 Å². The third kappa shape index (κ3) is 3.24. The molecule has 1 fully saturated rings. The van der Waals surface area contributed by atoms with Crippen molar-refractivity contribution in [1.82, 2.24) is 9.80 Å². The lowest BCUT2D eigenvalue weighted by Gasteiger charge is -2.23. The maximum atomic E-state index is 11.9. The average Bonchev–Trinajstić information content (AvgIpc) is 2.88. The molecule has 0 saturated carbocycles. The molecule has 0 radical (unpaired) electrons. The van der Waals surface area contributed by atoms with Gasteiger partial charge in [0.2, 0.25) is 5.91 Å². The molecule has 1 aliphatic heterocycles. The van der Waals surface area contributed by atoms with Gasteiger partial charge in [-0.1, -0.05) is 6.07 Å². The number of nitrogens with zero attached hydrogens (tertiary/aromatic N) is 2. The van der Waals surface area contributed by atoms with Gasteiger partial charge in [0.25, 0.3) is 0 Å². The van der Waals surface area contributed by atoms with Gasteiger partial charge in [-0.15, -0.1) is 23.1 Å². The molecule has 94 valence electrons. The van der Waals surface area contributed by atoms with E-state index in [0.29, 0.717) is 5.75 Å². The molecule has 1 aromatic rings. The van der Waals surface area contributed by atoms with E-state index in [9.17, 15) is 4.79 Å². The molecule has 2 heterocycles. The molecule has 0 N–H and O–H groups in total. The zero-order chi connectivity index (χ0) is 12.3. The van der Waals surface area contributed by atoms with Gasteiger partial charge in [-0.3, -0.25) is 4.79 Å². The molecule has 1 aliphatic rings. The fraction of sp³-hybridized carbons (Fsp3) is 0.583. The van der Waals surface area contributed by atoms with Crippen LogP contribution in [-0.2, 0) is 4.79 Å². The molecular weight excluding hydrogens is 252 g/mol. The van der Waals surface area contributed by atoms with Crippen molar-refractivity contribution >= 4 is 29.0 Å². The van der Waals surface area contributed by atoms with Crippen LogP contribution in [0.2, 0.25) is 0 Å². The van der Waals surface area contributed by atoms with Crippen LogP contribution in [0.5, 0.6) is 0 Å². The number of carbonyl (C=O) groups is 1. The van der Waals surface area contributed by atoms with Crippen molar-refractivity contribution < 1.29 is 4.79 Å². The van der Waals surface area contributed by atoms with Crippen molar-refractivity contribution in [2.24, 2.45) is 0 Å². The first kappa shape index (κ1) is 12.9. The van der Waals surface area contributed by atoms with Crippen molar-refractivity contribution in [2.45, 2.75) is 11.8 Å². The molecule has 1 saturated heterocycles. The second kappa shape index (κ2) is 5.89. The fourth-order valence-corrected chi connectivity index (χ4v) is 4.12. The van der Waals surface area contributed by atoms with E-state index in [4.69, 9.17) is 0 Å². The van der Waals surface area contributed by atoms with Crippen molar-refractivity contribution in [3.8, 4) is 0 Å². The summed E-state index contributed by atoms with van der Waals surface area (Å²) in [7, 11) is 4.13. The summed E-state index contributed by atoms with van der Waals surface area (Å²) >= 11 is 3.49. The summed E-state index contributed by atoms with van der Waals surface area (Å²) < 4.78 is 0. The molecule has 0 aromatic carbocycles.